The smallest absolute Gasteiger partial charge is 0.328 e. The number of aromatic amines is 1. The molecule has 30 heavy (non-hydrogen) atoms. The van der Waals surface area contributed by atoms with Crippen LogP contribution in [0.15, 0.2) is 54.7 Å². The molecule has 1 aromatic heterocycles. The predicted octanol–water partition coefficient (Wildman–Crippen LogP) is 1.81. The van der Waals surface area contributed by atoms with Gasteiger partial charge in [0.2, 0.25) is 5.91 Å². The molecule has 0 aliphatic rings. The molecule has 0 aliphatic carbocycles. The number of amides is 2. The summed E-state index contributed by atoms with van der Waals surface area (Å²) in [4.78, 5) is 40.1. The number of hydrogen-bond donors (Lipinski definition) is 3. The largest absolute Gasteiger partial charge is 0.496 e. The van der Waals surface area contributed by atoms with E-state index in [1.165, 1.54) is 14.2 Å². The zero-order valence-corrected chi connectivity index (χ0v) is 16.7. The fraction of sp³-hybridized carbons (Fsp3) is 0.227. The first-order valence-corrected chi connectivity index (χ1v) is 9.37. The van der Waals surface area contributed by atoms with Crippen molar-refractivity contribution < 1.29 is 23.9 Å². The van der Waals surface area contributed by atoms with Crippen LogP contribution in [0.25, 0.3) is 10.9 Å². The maximum absolute atomic E-state index is 12.4. The molecule has 2 amide bonds. The Labute approximate surface area is 173 Å². The average molecular weight is 409 g/mol. The highest BCUT2D eigenvalue weighted by molar-refractivity contribution is 5.99. The molecule has 0 radical (unpaired) electrons. The molecule has 8 heteroatoms. The molecule has 156 valence electrons. The van der Waals surface area contributed by atoms with Crippen LogP contribution in [0, 0.1) is 0 Å². The summed E-state index contributed by atoms with van der Waals surface area (Å²) in [7, 11) is 2.73. The van der Waals surface area contributed by atoms with Crippen LogP contribution in [0.5, 0.6) is 5.75 Å². The Kier molecular flexibility index (Phi) is 6.69. The molecule has 8 nitrogen and oxygen atoms in total. The molecule has 0 saturated carbocycles. The number of hydrogen-bond acceptors (Lipinski definition) is 5. The SMILES string of the molecule is COC(=O)[C@H](Cc1c[nH]c2ccccc12)NC(=O)CNC(=O)c1ccccc1OC. The molecule has 0 spiro atoms. The standard InChI is InChI=1S/C22H23N3O5/c1-29-19-10-6-4-8-16(19)21(27)24-13-20(26)25-18(22(28)30-2)11-14-12-23-17-9-5-3-7-15(14)17/h3-10,12,18,23H,11,13H2,1-2H3,(H,24,27)(H,25,26)/t18-/m0/s1. The zero-order valence-electron chi connectivity index (χ0n) is 16.7. The van der Waals surface area contributed by atoms with Crippen molar-refractivity contribution in [3.63, 3.8) is 0 Å². The van der Waals surface area contributed by atoms with E-state index >= 15 is 0 Å². The lowest BCUT2D eigenvalue weighted by molar-refractivity contribution is -0.144. The van der Waals surface area contributed by atoms with Crippen LogP contribution in [0.3, 0.4) is 0 Å². The number of para-hydroxylation sites is 2. The van der Waals surface area contributed by atoms with E-state index in [1.54, 1.807) is 30.5 Å². The molecule has 0 bridgehead atoms. The normalized spacial score (nSPS) is 11.5. The molecule has 0 aliphatic heterocycles. The monoisotopic (exact) mass is 409 g/mol. The fourth-order valence-electron chi connectivity index (χ4n) is 3.19. The van der Waals surface area contributed by atoms with Crippen LogP contribution in [-0.2, 0) is 20.7 Å². The summed E-state index contributed by atoms with van der Waals surface area (Å²) in [6.45, 7) is -0.293. The lowest BCUT2D eigenvalue weighted by Crippen LogP contribution is -2.47. The Balaban J connectivity index is 1.64. The van der Waals surface area contributed by atoms with Crippen LogP contribution in [-0.4, -0.2) is 49.6 Å². The van der Waals surface area contributed by atoms with Crippen LogP contribution in [0.2, 0.25) is 0 Å². The first-order valence-electron chi connectivity index (χ1n) is 9.37. The Bertz CT molecular complexity index is 1060. The minimum atomic E-state index is -0.884. The summed E-state index contributed by atoms with van der Waals surface area (Å²) in [5.41, 5.74) is 2.13. The summed E-state index contributed by atoms with van der Waals surface area (Å²) in [5.74, 6) is -1.12. The molecule has 0 unspecified atom stereocenters. The number of carbonyl (C=O) groups is 3. The van der Waals surface area contributed by atoms with Gasteiger partial charge in [0.1, 0.15) is 11.8 Å². The molecule has 0 fully saturated rings. The van der Waals surface area contributed by atoms with Crippen LogP contribution in [0.4, 0.5) is 0 Å². The quantitative estimate of drug-likeness (QED) is 0.492. The molecule has 1 atom stereocenters. The van der Waals surface area contributed by atoms with E-state index in [0.29, 0.717) is 11.3 Å². The molecule has 3 rings (SSSR count). The third kappa shape index (κ3) is 4.78. The summed E-state index contributed by atoms with van der Waals surface area (Å²) in [6, 6.07) is 13.5. The Morgan fingerprint density at radius 2 is 1.77 bits per heavy atom. The lowest BCUT2D eigenvalue weighted by Gasteiger charge is -2.17. The number of fused-ring (bicyclic) bond motifs is 1. The number of nitrogens with one attached hydrogen (secondary N) is 3. The zero-order chi connectivity index (χ0) is 21.5. The molecule has 2 aromatic carbocycles. The Hall–Kier alpha value is -3.81. The maximum Gasteiger partial charge on any atom is 0.328 e. The summed E-state index contributed by atoms with van der Waals surface area (Å²) in [6.07, 6.45) is 2.05. The van der Waals surface area contributed by atoms with Crippen LogP contribution < -0.4 is 15.4 Å². The summed E-state index contributed by atoms with van der Waals surface area (Å²) >= 11 is 0. The van der Waals surface area contributed by atoms with E-state index in [0.717, 1.165) is 16.5 Å². The van der Waals surface area contributed by atoms with E-state index in [9.17, 15) is 14.4 Å². The predicted molar refractivity (Wildman–Crippen MR) is 111 cm³/mol. The van der Waals surface area contributed by atoms with Crippen molar-refractivity contribution in [2.45, 2.75) is 12.5 Å². The number of benzene rings is 2. The minimum absolute atomic E-state index is 0.253. The van der Waals surface area contributed by atoms with Gasteiger partial charge in [0, 0.05) is 23.5 Å². The second-order valence-corrected chi connectivity index (χ2v) is 6.59. The number of methoxy groups -OCH3 is 2. The van der Waals surface area contributed by atoms with Gasteiger partial charge in [0.25, 0.3) is 5.91 Å². The number of esters is 1. The first-order chi connectivity index (χ1) is 14.5. The maximum atomic E-state index is 12.4. The van der Waals surface area contributed by atoms with Gasteiger partial charge in [0.15, 0.2) is 0 Å². The molecular formula is C22H23N3O5. The van der Waals surface area contributed by atoms with E-state index in [-0.39, 0.29) is 13.0 Å². The third-order valence-corrected chi connectivity index (χ3v) is 4.68. The molecule has 3 N–H and O–H groups in total. The van der Waals surface area contributed by atoms with Crippen LogP contribution in [0.1, 0.15) is 15.9 Å². The Morgan fingerprint density at radius 1 is 1.03 bits per heavy atom. The highest BCUT2D eigenvalue weighted by Crippen LogP contribution is 2.19. The first kappa shape index (κ1) is 20.9. The van der Waals surface area contributed by atoms with E-state index in [2.05, 4.69) is 15.6 Å². The van der Waals surface area contributed by atoms with Crippen molar-refractivity contribution in [3.05, 3.63) is 65.9 Å². The second-order valence-electron chi connectivity index (χ2n) is 6.59. The minimum Gasteiger partial charge on any atom is -0.496 e. The van der Waals surface area contributed by atoms with Crippen molar-refractivity contribution in [2.75, 3.05) is 20.8 Å². The molecular weight excluding hydrogens is 386 g/mol. The van der Waals surface area contributed by atoms with Gasteiger partial charge in [0.05, 0.1) is 26.3 Å². The van der Waals surface area contributed by atoms with Crippen molar-refractivity contribution >= 4 is 28.7 Å². The average Bonchev–Trinajstić information content (AvgIpc) is 3.19. The molecule has 0 saturated heterocycles. The van der Waals surface area contributed by atoms with Gasteiger partial charge in [-0.05, 0) is 23.8 Å². The number of ether oxygens (including phenoxy) is 2. The van der Waals surface area contributed by atoms with Gasteiger partial charge in [-0.15, -0.1) is 0 Å². The number of H-pyrrole nitrogens is 1. The fourth-order valence-corrected chi connectivity index (χ4v) is 3.19. The summed E-state index contributed by atoms with van der Waals surface area (Å²) in [5, 5.41) is 6.13. The van der Waals surface area contributed by atoms with Gasteiger partial charge < -0.3 is 25.1 Å². The Morgan fingerprint density at radius 3 is 2.53 bits per heavy atom. The van der Waals surface area contributed by atoms with Gasteiger partial charge in [-0.25, -0.2) is 4.79 Å². The third-order valence-electron chi connectivity index (χ3n) is 4.68. The van der Waals surface area contributed by atoms with Crippen molar-refractivity contribution in [3.8, 4) is 5.75 Å². The van der Waals surface area contributed by atoms with Crippen LogP contribution >= 0.6 is 0 Å². The highest BCUT2D eigenvalue weighted by Gasteiger charge is 2.23. The van der Waals surface area contributed by atoms with Crippen molar-refractivity contribution in [2.24, 2.45) is 0 Å². The number of carbonyl (C=O) groups excluding carboxylic acids is 3. The summed E-state index contributed by atoms with van der Waals surface area (Å²) < 4.78 is 9.98. The van der Waals surface area contributed by atoms with E-state index in [1.807, 2.05) is 24.3 Å². The van der Waals surface area contributed by atoms with E-state index < -0.39 is 23.8 Å². The van der Waals surface area contributed by atoms with Gasteiger partial charge in [-0.2, -0.15) is 0 Å². The second kappa shape index (κ2) is 9.60. The van der Waals surface area contributed by atoms with Crippen molar-refractivity contribution in [1.82, 2.24) is 15.6 Å². The topological polar surface area (TPSA) is 110 Å². The molecule has 3 aromatic rings. The van der Waals surface area contributed by atoms with Crippen molar-refractivity contribution in [1.29, 1.82) is 0 Å². The molecule has 1 heterocycles. The van der Waals surface area contributed by atoms with Gasteiger partial charge in [-0.1, -0.05) is 30.3 Å². The van der Waals surface area contributed by atoms with Gasteiger partial charge >= 0.3 is 5.97 Å². The van der Waals surface area contributed by atoms with E-state index in [4.69, 9.17) is 9.47 Å². The van der Waals surface area contributed by atoms with Gasteiger partial charge in [-0.3, -0.25) is 9.59 Å². The highest BCUT2D eigenvalue weighted by atomic mass is 16.5. The number of aromatic nitrogens is 1. The lowest BCUT2D eigenvalue weighted by atomic mass is 10.0. The number of rotatable bonds is 8.